The number of amides is 1. The SMILES string of the molecule is COc1ccc(-c2ccn(C(=O)NCC(C)C)c(=N)c2-c2ccc(C)cc2)cc1. The minimum Gasteiger partial charge on any atom is -0.497 e. The Bertz CT molecular complexity index is 1050. The number of hydrogen-bond donors (Lipinski definition) is 2. The average molecular weight is 389 g/mol. The maximum Gasteiger partial charge on any atom is 0.327 e. The number of methoxy groups -OCH3 is 1. The van der Waals surface area contributed by atoms with Gasteiger partial charge in [-0.25, -0.2) is 4.79 Å². The molecule has 0 fully saturated rings. The van der Waals surface area contributed by atoms with Gasteiger partial charge in [-0.3, -0.25) is 9.98 Å². The van der Waals surface area contributed by atoms with Gasteiger partial charge in [0.05, 0.1) is 7.11 Å². The maximum absolute atomic E-state index is 12.7. The van der Waals surface area contributed by atoms with Gasteiger partial charge in [0.2, 0.25) is 0 Å². The number of benzene rings is 2. The molecule has 1 aromatic heterocycles. The minimum atomic E-state index is -0.293. The number of hydrogen-bond acceptors (Lipinski definition) is 3. The third-order valence-corrected chi connectivity index (χ3v) is 4.76. The maximum atomic E-state index is 12.7. The molecule has 0 radical (unpaired) electrons. The molecule has 0 aliphatic carbocycles. The number of aromatic nitrogens is 1. The third-order valence-electron chi connectivity index (χ3n) is 4.76. The fourth-order valence-electron chi connectivity index (χ4n) is 3.12. The van der Waals surface area contributed by atoms with Crippen LogP contribution in [-0.4, -0.2) is 24.3 Å². The van der Waals surface area contributed by atoms with E-state index in [9.17, 15) is 4.79 Å². The number of pyridine rings is 1. The molecule has 0 unspecified atom stereocenters. The molecule has 0 spiro atoms. The van der Waals surface area contributed by atoms with Gasteiger partial charge in [0.25, 0.3) is 0 Å². The summed E-state index contributed by atoms with van der Waals surface area (Å²) in [6.45, 7) is 6.67. The summed E-state index contributed by atoms with van der Waals surface area (Å²) in [4.78, 5) is 12.7. The Balaban J connectivity index is 2.15. The zero-order valence-corrected chi connectivity index (χ0v) is 17.3. The van der Waals surface area contributed by atoms with Crippen LogP contribution in [0.1, 0.15) is 19.4 Å². The number of ether oxygens (including phenoxy) is 1. The second-order valence-corrected chi connectivity index (χ2v) is 7.50. The highest BCUT2D eigenvalue weighted by Crippen LogP contribution is 2.30. The Labute approximate surface area is 171 Å². The molecule has 1 heterocycles. The van der Waals surface area contributed by atoms with Crippen LogP contribution in [0.4, 0.5) is 4.79 Å². The van der Waals surface area contributed by atoms with Crippen molar-refractivity contribution in [3.05, 3.63) is 71.8 Å². The standard InChI is InChI=1S/C24H27N3O2/c1-16(2)15-26-24(28)27-14-13-21(18-9-11-20(29-4)12-10-18)22(23(27)25)19-7-5-17(3)6-8-19/h5-14,16,25H,15H2,1-4H3,(H,26,28). The first-order valence-corrected chi connectivity index (χ1v) is 9.70. The number of nitrogens with one attached hydrogen (secondary N) is 2. The van der Waals surface area contributed by atoms with Gasteiger partial charge in [-0.1, -0.05) is 55.8 Å². The first-order chi connectivity index (χ1) is 13.9. The van der Waals surface area contributed by atoms with Crippen molar-refractivity contribution in [1.29, 1.82) is 5.41 Å². The second kappa shape index (κ2) is 8.78. The number of rotatable bonds is 5. The van der Waals surface area contributed by atoms with Gasteiger partial charge in [-0.15, -0.1) is 0 Å². The van der Waals surface area contributed by atoms with E-state index < -0.39 is 0 Å². The number of carbonyl (C=O) groups is 1. The zero-order valence-electron chi connectivity index (χ0n) is 17.3. The van der Waals surface area contributed by atoms with Crippen molar-refractivity contribution in [1.82, 2.24) is 9.88 Å². The molecule has 0 saturated heterocycles. The summed E-state index contributed by atoms with van der Waals surface area (Å²) in [7, 11) is 1.63. The average Bonchev–Trinajstić information content (AvgIpc) is 2.72. The van der Waals surface area contributed by atoms with Crippen LogP contribution < -0.4 is 15.5 Å². The van der Waals surface area contributed by atoms with Gasteiger partial charge in [-0.2, -0.15) is 0 Å². The Morgan fingerprint density at radius 3 is 2.24 bits per heavy atom. The second-order valence-electron chi connectivity index (χ2n) is 7.50. The molecule has 3 rings (SSSR count). The minimum absolute atomic E-state index is 0.156. The first kappa shape index (κ1) is 20.4. The normalized spacial score (nSPS) is 10.8. The molecule has 150 valence electrons. The van der Waals surface area contributed by atoms with Crippen molar-refractivity contribution in [2.45, 2.75) is 20.8 Å². The van der Waals surface area contributed by atoms with E-state index in [0.717, 1.165) is 33.6 Å². The fraction of sp³-hybridized carbons (Fsp3) is 0.250. The molecular weight excluding hydrogens is 362 g/mol. The van der Waals surface area contributed by atoms with Crippen molar-refractivity contribution in [3.8, 4) is 28.0 Å². The number of nitrogens with zero attached hydrogens (tertiary/aromatic N) is 1. The van der Waals surface area contributed by atoms with Crippen LogP contribution in [-0.2, 0) is 0 Å². The lowest BCUT2D eigenvalue weighted by molar-refractivity contribution is 0.240. The van der Waals surface area contributed by atoms with E-state index in [0.29, 0.717) is 12.5 Å². The summed E-state index contributed by atoms with van der Waals surface area (Å²) < 4.78 is 6.63. The van der Waals surface area contributed by atoms with Crippen molar-refractivity contribution in [2.75, 3.05) is 13.7 Å². The van der Waals surface area contributed by atoms with Crippen molar-refractivity contribution in [2.24, 2.45) is 5.92 Å². The summed E-state index contributed by atoms with van der Waals surface area (Å²) in [6, 6.07) is 17.3. The topological polar surface area (TPSA) is 67.1 Å². The predicted octanol–water partition coefficient (Wildman–Crippen LogP) is 4.83. The third kappa shape index (κ3) is 4.57. The monoisotopic (exact) mass is 389 g/mol. The molecule has 1 amide bonds. The lowest BCUT2D eigenvalue weighted by Gasteiger charge is -2.16. The zero-order chi connectivity index (χ0) is 21.0. The summed E-state index contributed by atoms with van der Waals surface area (Å²) in [6.07, 6.45) is 1.66. The highest BCUT2D eigenvalue weighted by atomic mass is 16.5. The Hall–Kier alpha value is -3.34. The first-order valence-electron chi connectivity index (χ1n) is 9.70. The lowest BCUT2D eigenvalue weighted by atomic mass is 9.95. The van der Waals surface area contributed by atoms with E-state index in [2.05, 4.69) is 5.32 Å². The lowest BCUT2D eigenvalue weighted by Crippen LogP contribution is -2.38. The highest BCUT2D eigenvalue weighted by Gasteiger charge is 2.15. The fourth-order valence-corrected chi connectivity index (χ4v) is 3.12. The van der Waals surface area contributed by atoms with Gasteiger partial charge in [0, 0.05) is 18.3 Å². The van der Waals surface area contributed by atoms with E-state index in [1.807, 2.05) is 75.4 Å². The van der Waals surface area contributed by atoms with E-state index in [4.69, 9.17) is 10.1 Å². The molecule has 0 bridgehead atoms. The Morgan fingerprint density at radius 1 is 1.03 bits per heavy atom. The Kier molecular flexibility index (Phi) is 6.17. The quantitative estimate of drug-likeness (QED) is 0.656. The summed E-state index contributed by atoms with van der Waals surface area (Å²) in [5.74, 6) is 1.11. The predicted molar refractivity (Wildman–Crippen MR) is 116 cm³/mol. The van der Waals surface area contributed by atoms with Gasteiger partial charge in [-0.05, 0) is 47.7 Å². The van der Waals surface area contributed by atoms with Crippen LogP contribution in [0.5, 0.6) is 5.75 Å². The van der Waals surface area contributed by atoms with E-state index in [-0.39, 0.29) is 11.5 Å². The van der Waals surface area contributed by atoms with Gasteiger partial charge < -0.3 is 10.1 Å². The molecule has 29 heavy (non-hydrogen) atoms. The largest absolute Gasteiger partial charge is 0.497 e. The molecule has 0 saturated carbocycles. The molecule has 3 aromatic rings. The van der Waals surface area contributed by atoms with Gasteiger partial charge in [0.15, 0.2) is 0 Å². The van der Waals surface area contributed by atoms with Crippen LogP contribution in [0.3, 0.4) is 0 Å². The number of carbonyl (C=O) groups excluding carboxylic acids is 1. The van der Waals surface area contributed by atoms with Crippen molar-refractivity contribution >= 4 is 6.03 Å². The highest BCUT2D eigenvalue weighted by molar-refractivity contribution is 5.85. The van der Waals surface area contributed by atoms with E-state index in [1.165, 1.54) is 4.57 Å². The van der Waals surface area contributed by atoms with Gasteiger partial charge in [0.1, 0.15) is 11.2 Å². The summed E-state index contributed by atoms with van der Waals surface area (Å²) in [5, 5.41) is 11.7. The smallest absolute Gasteiger partial charge is 0.327 e. The van der Waals surface area contributed by atoms with E-state index in [1.54, 1.807) is 13.3 Å². The molecule has 0 aliphatic rings. The summed E-state index contributed by atoms with van der Waals surface area (Å²) in [5.41, 5.74) is 4.78. The molecule has 2 N–H and O–H groups in total. The van der Waals surface area contributed by atoms with Crippen LogP contribution in [0.25, 0.3) is 22.3 Å². The molecule has 5 nitrogen and oxygen atoms in total. The van der Waals surface area contributed by atoms with Crippen LogP contribution in [0.15, 0.2) is 60.8 Å². The van der Waals surface area contributed by atoms with Gasteiger partial charge >= 0.3 is 6.03 Å². The molecule has 2 aromatic carbocycles. The summed E-state index contributed by atoms with van der Waals surface area (Å²) >= 11 is 0. The van der Waals surface area contributed by atoms with Crippen LogP contribution in [0.2, 0.25) is 0 Å². The molecule has 0 atom stereocenters. The van der Waals surface area contributed by atoms with Crippen molar-refractivity contribution < 1.29 is 9.53 Å². The van der Waals surface area contributed by atoms with Crippen LogP contribution >= 0.6 is 0 Å². The molecular formula is C24H27N3O2. The number of aryl methyl sites for hydroxylation is 1. The molecule has 5 heteroatoms. The van der Waals surface area contributed by atoms with Crippen LogP contribution in [0, 0.1) is 18.3 Å². The van der Waals surface area contributed by atoms with Crippen molar-refractivity contribution in [3.63, 3.8) is 0 Å². The Morgan fingerprint density at radius 2 is 1.66 bits per heavy atom. The van der Waals surface area contributed by atoms with E-state index >= 15 is 0 Å². The molecule has 0 aliphatic heterocycles.